The predicted molar refractivity (Wildman–Crippen MR) is 113 cm³/mol. The number of aromatic nitrogens is 3. The van der Waals surface area contributed by atoms with Gasteiger partial charge in [0.2, 0.25) is 17.7 Å². The van der Waals surface area contributed by atoms with Gasteiger partial charge in [-0.15, -0.1) is 0 Å². The molecule has 1 saturated carbocycles. The van der Waals surface area contributed by atoms with Gasteiger partial charge in [-0.3, -0.25) is 4.79 Å². The van der Waals surface area contributed by atoms with Crippen LogP contribution >= 0.6 is 11.3 Å². The Balaban J connectivity index is 1.23. The van der Waals surface area contributed by atoms with E-state index >= 15 is 0 Å². The van der Waals surface area contributed by atoms with Crippen molar-refractivity contribution in [2.45, 2.75) is 38.8 Å². The van der Waals surface area contributed by atoms with E-state index in [0.29, 0.717) is 46.3 Å². The summed E-state index contributed by atoms with van der Waals surface area (Å²) in [5.41, 5.74) is 0.702. The summed E-state index contributed by atoms with van der Waals surface area (Å²) in [5.74, 6) is 0.751. The fourth-order valence-electron chi connectivity index (χ4n) is 3.25. The van der Waals surface area contributed by atoms with E-state index in [2.05, 4.69) is 20.3 Å². The van der Waals surface area contributed by atoms with E-state index < -0.39 is 5.95 Å². The molecule has 0 bridgehead atoms. The molecule has 1 aliphatic carbocycles. The molecule has 1 aliphatic rings. The van der Waals surface area contributed by atoms with Gasteiger partial charge in [-0.05, 0) is 43.9 Å². The summed E-state index contributed by atoms with van der Waals surface area (Å²) in [6.07, 6.45) is 3.38. The average Bonchev–Trinajstić information content (AvgIpc) is 3.09. The number of amides is 1. The maximum Gasteiger partial charge on any atom is 0.281 e. The molecule has 10 heteroatoms. The van der Waals surface area contributed by atoms with Gasteiger partial charge >= 0.3 is 0 Å². The van der Waals surface area contributed by atoms with Gasteiger partial charge in [0.1, 0.15) is 11.3 Å². The van der Waals surface area contributed by atoms with Crippen molar-refractivity contribution in [1.29, 1.82) is 0 Å². The molecule has 3 heterocycles. The summed E-state index contributed by atoms with van der Waals surface area (Å²) in [5, 5.41) is 3.21. The van der Waals surface area contributed by atoms with E-state index in [1.54, 1.807) is 6.07 Å². The Morgan fingerprint density at radius 3 is 2.87 bits per heavy atom. The third-order valence-electron chi connectivity index (χ3n) is 4.81. The van der Waals surface area contributed by atoms with Crippen molar-refractivity contribution in [1.82, 2.24) is 20.3 Å². The zero-order valence-corrected chi connectivity index (χ0v) is 18.0. The highest BCUT2D eigenvalue weighted by Gasteiger charge is 2.30. The van der Waals surface area contributed by atoms with Crippen LogP contribution in [0.1, 0.15) is 26.7 Å². The first-order valence-corrected chi connectivity index (χ1v) is 10.8. The van der Waals surface area contributed by atoms with Crippen LogP contribution in [-0.4, -0.2) is 46.2 Å². The fourth-order valence-corrected chi connectivity index (χ4v) is 4.05. The van der Waals surface area contributed by atoms with E-state index in [0.717, 1.165) is 12.8 Å². The van der Waals surface area contributed by atoms with Crippen LogP contribution in [0.4, 0.5) is 4.39 Å². The van der Waals surface area contributed by atoms with Crippen LogP contribution in [0.15, 0.2) is 30.5 Å². The van der Waals surface area contributed by atoms with Crippen molar-refractivity contribution in [3.05, 3.63) is 36.4 Å². The molecule has 1 N–H and O–H groups in total. The maximum atomic E-state index is 12.9. The second-order valence-corrected chi connectivity index (χ2v) is 8.52. The molecule has 31 heavy (non-hydrogen) atoms. The molecule has 3 aromatic heterocycles. The second kappa shape index (κ2) is 9.52. The van der Waals surface area contributed by atoms with Gasteiger partial charge in [0.15, 0.2) is 4.83 Å². The number of ether oxygens (including phenoxy) is 3. The summed E-state index contributed by atoms with van der Waals surface area (Å²) in [4.78, 5) is 24.1. The average molecular weight is 447 g/mol. The third-order valence-corrected chi connectivity index (χ3v) is 5.65. The van der Waals surface area contributed by atoms with Crippen LogP contribution in [0.25, 0.3) is 10.3 Å². The first kappa shape index (κ1) is 21.4. The summed E-state index contributed by atoms with van der Waals surface area (Å²) in [7, 11) is 0. The molecule has 0 saturated heterocycles. The fraction of sp³-hybridized carbons (Fsp3) is 0.429. The lowest BCUT2D eigenvalue weighted by Gasteiger charge is -2.35. The van der Waals surface area contributed by atoms with Crippen molar-refractivity contribution in [2.24, 2.45) is 5.92 Å². The van der Waals surface area contributed by atoms with E-state index in [4.69, 9.17) is 14.2 Å². The smallest absolute Gasteiger partial charge is 0.281 e. The van der Waals surface area contributed by atoms with Crippen LogP contribution < -0.4 is 14.8 Å². The van der Waals surface area contributed by atoms with Gasteiger partial charge in [0.05, 0.1) is 25.5 Å². The van der Waals surface area contributed by atoms with Crippen molar-refractivity contribution >= 4 is 27.6 Å². The largest absolute Gasteiger partial charge is 0.477 e. The summed E-state index contributed by atoms with van der Waals surface area (Å²) < 4.78 is 30.2. The van der Waals surface area contributed by atoms with Crippen molar-refractivity contribution in [3.8, 4) is 16.8 Å². The standard InChI is InChI=1S/C21H23FN4O4S/c1-12(24-13(2)27)10-28-16-7-14(8-16)11-29-19-6-4-17-20(26-19)31-21(25-17)30-15-3-5-18(22)23-9-15/h3-6,9,12,14,16H,7-8,10-11H2,1-2H3,(H,24,27)/t12-,14-,16-/m0/s1. The lowest BCUT2D eigenvalue weighted by molar-refractivity contribution is -0.120. The second-order valence-electron chi connectivity index (χ2n) is 7.58. The number of pyridine rings is 2. The van der Waals surface area contributed by atoms with Gasteiger partial charge in [0, 0.05) is 19.0 Å². The third kappa shape index (κ3) is 5.86. The number of carbonyl (C=O) groups excluding carboxylic acids is 1. The summed E-state index contributed by atoms with van der Waals surface area (Å²) in [6.45, 7) is 4.51. The normalized spacial score (nSPS) is 18.9. The molecule has 4 rings (SSSR count). The lowest BCUT2D eigenvalue weighted by atomic mass is 9.83. The van der Waals surface area contributed by atoms with Crippen molar-refractivity contribution in [3.63, 3.8) is 0 Å². The molecule has 3 aromatic rings. The van der Waals surface area contributed by atoms with Gasteiger partial charge in [-0.25, -0.2) is 15.0 Å². The van der Waals surface area contributed by atoms with Crippen LogP contribution in [0.3, 0.4) is 0 Å². The number of rotatable bonds is 9. The number of nitrogens with zero attached hydrogens (tertiary/aromatic N) is 3. The van der Waals surface area contributed by atoms with Gasteiger partial charge < -0.3 is 19.5 Å². The van der Waals surface area contributed by atoms with E-state index in [9.17, 15) is 9.18 Å². The molecule has 0 unspecified atom stereocenters. The number of hydrogen-bond acceptors (Lipinski definition) is 8. The topological polar surface area (TPSA) is 95.5 Å². The molecule has 8 nitrogen and oxygen atoms in total. The predicted octanol–water partition coefficient (Wildman–Crippen LogP) is 3.72. The van der Waals surface area contributed by atoms with Crippen LogP contribution in [0.5, 0.6) is 16.8 Å². The monoisotopic (exact) mass is 446 g/mol. The molecule has 0 aliphatic heterocycles. The van der Waals surface area contributed by atoms with Crippen LogP contribution in [0, 0.1) is 11.9 Å². The van der Waals surface area contributed by atoms with Gasteiger partial charge in [-0.1, -0.05) is 11.3 Å². The molecule has 1 amide bonds. The highest BCUT2D eigenvalue weighted by atomic mass is 32.1. The highest BCUT2D eigenvalue weighted by Crippen LogP contribution is 2.33. The Labute approximate surface area is 182 Å². The van der Waals surface area contributed by atoms with E-state index in [1.807, 2.05) is 13.0 Å². The molecule has 1 atom stereocenters. The van der Waals surface area contributed by atoms with Crippen molar-refractivity contribution < 1.29 is 23.4 Å². The van der Waals surface area contributed by atoms with Crippen LogP contribution in [-0.2, 0) is 9.53 Å². The minimum absolute atomic E-state index is 0.0105. The maximum absolute atomic E-state index is 12.9. The number of hydrogen-bond donors (Lipinski definition) is 1. The first-order chi connectivity index (χ1) is 14.9. The molecular weight excluding hydrogens is 423 g/mol. The van der Waals surface area contributed by atoms with E-state index in [1.165, 1.54) is 36.6 Å². The summed E-state index contributed by atoms with van der Waals surface area (Å²) >= 11 is 1.28. The number of nitrogens with one attached hydrogen (secondary N) is 1. The zero-order chi connectivity index (χ0) is 21.8. The Morgan fingerprint density at radius 2 is 2.13 bits per heavy atom. The molecule has 0 radical (unpaired) electrons. The Hall–Kier alpha value is -2.85. The Morgan fingerprint density at radius 1 is 1.29 bits per heavy atom. The molecular formula is C21H23FN4O4S. The highest BCUT2D eigenvalue weighted by molar-refractivity contribution is 7.19. The molecule has 0 aromatic carbocycles. The van der Waals surface area contributed by atoms with Gasteiger partial charge in [-0.2, -0.15) is 4.39 Å². The zero-order valence-electron chi connectivity index (χ0n) is 17.2. The molecule has 1 fully saturated rings. The molecule has 0 spiro atoms. The number of carbonyl (C=O) groups is 1. The van der Waals surface area contributed by atoms with E-state index in [-0.39, 0.29) is 18.1 Å². The SMILES string of the molecule is CC(=O)N[C@@H](C)CO[C@H]1C[C@H](COc2ccc3nc(Oc4ccc(F)nc4)sc3n2)C1. The van der Waals surface area contributed by atoms with Crippen LogP contribution in [0.2, 0.25) is 0 Å². The summed E-state index contributed by atoms with van der Waals surface area (Å²) in [6, 6.07) is 6.35. The lowest BCUT2D eigenvalue weighted by Crippen LogP contribution is -2.40. The minimum Gasteiger partial charge on any atom is -0.477 e. The van der Waals surface area contributed by atoms with Gasteiger partial charge in [0.25, 0.3) is 5.19 Å². The Bertz CT molecular complexity index is 1040. The molecule has 164 valence electrons. The Kier molecular flexibility index (Phi) is 6.57. The minimum atomic E-state index is -0.566. The number of fused-ring (bicyclic) bond motifs is 1. The number of halogens is 1. The number of thiazole rings is 1. The van der Waals surface area contributed by atoms with Crippen molar-refractivity contribution in [2.75, 3.05) is 13.2 Å². The first-order valence-electron chi connectivity index (χ1n) is 10.0. The quantitative estimate of drug-likeness (QED) is 0.501.